The van der Waals surface area contributed by atoms with Gasteiger partial charge in [0.15, 0.2) is 0 Å². The van der Waals surface area contributed by atoms with E-state index in [-0.39, 0.29) is 12.4 Å². The zero-order chi connectivity index (χ0) is 18.5. The number of carbonyl (C=O) groups excluding carboxylic acids is 1. The molecule has 1 aromatic heterocycles. The van der Waals surface area contributed by atoms with Crippen molar-refractivity contribution in [2.45, 2.75) is 13.5 Å². The molecular weight excluding hydrogens is 360 g/mol. The first-order valence-corrected chi connectivity index (χ1v) is 8.01. The van der Waals surface area contributed by atoms with Crippen LogP contribution in [0.4, 0.5) is 4.79 Å². The molecule has 2 aromatic carbocycles. The molecule has 0 aliphatic rings. The second kappa shape index (κ2) is 7.90. The van der Waals surface area contributed by atoms with Crippen molar-refractivity contribution in [2.24, 2.45) is 0 Å². The van der Waals surface area contributed by atoms with Gasteiger partial charge in [-0.25, -0.2) is 9.48 Å². The molecule has 0 bridgehead atoms. The fraction of sp³-hybridized carbons (Fsp3) is 0.111. The third-order valence-corrected chi connectivity index (χ3v) is 3.91. The van der Waals surface area contributed by atoms with E-state index in [0.29, 0.717) is 16.5 Å². The van der Waals surface area contributed by atoms with Crippen LogP contribution in [0.3, 0.4) is 0 Å². The molecule has 3 rings (SSSR count). The topological polar surface area (TPSA) is 82.8 Å². The summed E-state index contributed by atoms with van der Waals surface area (Å²) in [4.78, 5) is 14.7. The molecule has 0 aliphatic heterocycles. The Labute approximate surface area is 154 Å². The van der Waals surface area contributed by atoms with Crippen LogP contribution < -0.4 is 9.47 Å². The molecular formula is C18H15ClN2O5. The first-order valence-electron chi connectivity index (χ1n) is 7.63. The van der Waals surface area contributed by atoms with E-state index < -0.39 is 6.16 Å². The quantitative estimate of drug-likeness (QED) is 0.308. The number of aromatic nitrogens is 2. The number of aryl methyl sites for hydroxylation is 1. The van der Waals surface area contributed by atoms with Crippen molar-refractivity contribution in [2.75, 3.05) is 0 Å². The van der Waals surface area contributed by atoms with Crippen LogP contribution in [0.1, 0.15) is 11.1 Å². The van der Waals surface area contributed by atoms with E-state index >= 15 is 0 Å². The molecule has 1 N–H and O–H groups in total. The highest BCUT2D eigenvalue weighted by Gasteiger charge is 2.13. The Morgan fingerprint density at radius 1 is 1.19 bits per heavy atom. The zero-order valence-electron chi connectivity index (χ0n) is 13.8. The molecule has 7 nitrogen and oxygen atoms in total. The van der Waals surface area contributed by atoms with Gasteiger partial charge in [-0.2, -0.15) is 5.26 Å². The minimum absolute atomic E-state index is 0.123. The Hall–Kier alpha value is -3.03. The average Bonchev–Trinajstić information content (AvgIpc) is 3.10. The van der Waals surface area contributed by atoms with Gasteiger partial charge in [-0.15, -0.1) is 5.10 Å². The Morgan fingerprint density at radius 3 is 2.69 bits per heavy atom. The average molecular weight is 375 g/mol. The fourth-order valence-electron chi connectivity index (χ4n) is 2.33. The van der Waals surface area contributed by atoms with E-state index in [2.05, 4.69) is 9.99 Å². The third kappa shape index (κ3) is 4.14. The van der Waals surface area contributed by atoms with Gasteiger partial charge in [0.2, 0.25) is 5.88 Å². The molecule has 0 saturated carbocycles. The number of hydrogen-bond acceptors (Lipinski definition) is 6. The molecule has 0 atom stereocenters. The number of carbonyl (C=O) groups is 1. The van der Waals surface area contributed by atoms with Gasteiger partial charge in [-0.05, 0) is 42.8 Å². The summed E-state index contributed by atoms with van der Waals surface area (Å²) in [5.74, 6) is 0.639. The van der Waals surface area contributed by atoms with Crippen LogP contribution in [0.5, 0.6) is 11.6 Å². The molecule has 0 saturated heterocycles. The van der Waals surface area contributed by atoms with Gasteiger partial charge >= 0.3 is 6.16 Å². The highest BCUT2D eigenvalue weighted by molar-refractivity contribution is 6.30. The van der Waals surface area contributed by atoms with Crippen molar-refractivity contribution in [3.8, 4) is 17.3 Å². The van der Waals surface area contributed by atoms with Crippen molar-refractivity contribution in [3.05, 3.63) is 70.9 Å². The SMILES string of the molecule is Cc1cccc(OC(=O)OO)c1COc1ccn(-c2ccc(Cl)cc2)n1. The largest absolute Gasteiger partial charge is 0.545 e. The number of benzene rings is 2. The van der Waals surface area contributed by atoms with Crippen LogP contribution in [-0.2, 0) is 11.5 Å². The van der Waals surface area contributed by atoms with Crippen molar-refractivity contribution in [1.29, 1.82) is 0 Å². The number of hydrogen-bond donors (Lipinski definition) is 1. The Kier molecular flexibility index (Phi) is 5.40. The molecule has 134 valence electrons. The molecule has 0 aliphatic carbocycles. The van der Waals surface area contributed by atoms with Crippen molar-refractivity contribution in [3.63, 3.8) is 0 Å². The van der Waals surface area contributed by atoms with Gasteiger partial charge in [0.05, 0.1) is 5.69 Å². The lowest BCUT2D eigenvalue weighted by Gasteiger charge is -2.11. The summed E-state index contributed by atoms with van der Waals surface area (Å²) in [7, 11) is 0. The number of ether oxygens (including phenoxy) is 2. The second-order valence-corrected chi connectivity index (χ2v) is 5.80. The Morgan fingerprint density at radius 2 is 1.96 bits per heavy atom. The lowest BCUT2D eigenvalue weighted by Crippen LogP contribution is -2.11. The second-order valence-electron chi connectivity index (χ2n) is 5.36. The van der Waals surface area contributed by atoms with Crippen molar-refractivity contribution >= 4 is 17.8 Å². The van der Waals surface area contributed by atoms with Gasteiger partial charge < -0.3 is 9.47 Å². The lowest BCUT2D eigenvalue weighted by atomic mass is 10.1. The minimum Gasteiger partial charge on any atom is -0.472 e. The fourth-order valence-corrected chi connectivity index (χ4v) is 2.46. The zero-order valence-corrected chi connectivity index (χ0v) is 14.5. The van der Waals surface area contributed by atoms with Crippen molar-refractivity contribution < 1.29 is 24.4 Å². The van der Waals surface area contributed by atoms with Crippen LogP contribution in [0.25, 0.3) is 5.69 Å². The van der Waals surface area contributed by atoms with Gasteiger partial charge in [-0.1, -0.05) is 23.7 Å². The van der Waals surface area contributed by atoms with E-state index in [1.54, 1.807) is 41.2 Å². The smallest absolute Gasteiger partial charge is 0.472 e. The molecule has 0 unspecified atom stereocenters. The number of rotatable bonds is 5. The molecule has 1 heterocycles. The molecule has 3 aromatic rings. The van der Waals surface area contributed by atoms with Gasteiger partial charge in [0, 0.05) is 22.8 Å². The number of halogens is 1. The highest BCUT2D eigenvalue weighted by atomic mass is 35.5. The summed E-state index contributed by atoms with van der Waals surface area (Å²) in [6.07, 6.45) is 0.542. The van der Waals surface area contributed by atoms with Gasteiger partial charge in [-0.3, -0.25) is 4.89 Å². The minimum atomic E-state index is -1.22. The van der Waals surface area contributed by atoms with E-state index in [9.17, 15) is 4.79 Å². The summed E-state index contributed by atoms with van der Waals surface area (Å²) >= 11 is 5.88. The maximum absolute atomic E-state index is 11.1. The first kappa shape index (κ1) is 17.8. The predicted molar refractivity (Wildman–Crippen MR) is 93.8 cm³/mol. The van der Waals surface area contributed by atoms with Crippen LogP contribution in [0, 0.1) is 6.92 Å². The molecule has 0 fully saturated rings. The van der Waals surface area contributed by atoms with Crippen LogP contribution in [0.15, 0.2) is 54.7 Å². The molecule has 26 heavy (non-hydrogen) atoms. The van der Waals surface area contributed by atoms with E-state index in [0.717, 1.165) is 11.3 Å². The molecule has 0 amide bonds. The summed E-state index contributed by atoms with van der Waals surface area (Å²) in [6.45, 7) is 1.97. The highest BCUT2D eigenvalue weighted by Crippen LogP contribution is 2.24. The first-order chi connectivity index (χ1) is 12.6. The standard InChI is InChI=1S/C18H15ClN2O5/c1-12-3-2-4-16(25-18(22)26-23)15(12)11-24-17-9-10-21(20-17)14-7-5-13(19)6-8-14/h2-10,23H,11H2,1H3. The maximum atomic E-state index is 11.1. The molecule has 8 heteroatoms. The normalized spacial score (nSPS) is 10.4. The summed E-state index contributed by atoms with van der Waals surface area (Å²) in [5, 5.41) is 13.4. The van der Waals surface area contributed by atoms with Crippen LogP contribution in [-0.4, -0.2) is 21.2 Å². The van der Waals surface area contributed by atoms with E-state index in [1.165, 1.54) is 0 Å². The monoisotopic (exact) mass is 374 g/mol. The Balaban J connectivity index is 1.73. The lowest BCUT2D eigenvalue weighted by molar-refractivity contribution is -0.191. The summed E-state index contributed by atoms with van der Waals surface area (Å²) in [6, 6.07) is 14.1. The molecule has 0 radical (unpaired) electrons. The summed E-state index contributed by atoms with van der Waals surface area (Å²) in [5.41, 5.74) is 2.33. The third-order valence-electron chi connectivity index (χ3n) is 3.66. The van der Waals surface area contributed by atoms with Crippen LogP contribution in [0.2, 0.25) is 5.02 Å². The van der Waals surface area contributed by atoms with Gasteiger partial charge in [0.1, 0.15) is 12.4 Å². The number of nitrogens with zero attached hydrogens (tertiary/aromatic N) is 2. The summed E-state index contributed by atoms with van der Waals surface area (Å²) < 4.78 is 12.3. The van der Waals surface area contributed by atoms with E-state index in [4.69, 9.17) is 26.3 Å². The van der Waals surface area contributed by atoms with Crippen molar-refractivity contribution in [1.82, 2.24) is 9.78 Å². The maximum Gasteiger partial charge on any atom is 0.545 e. The van der Waals surface area contributed by atoms with Gasteiger partial charge in [0.25, 0.3) is 0 Å². The molecule has 0 spiro atoms. The van der Waals surface area contributed by atoms with Crippen LogP contribution >= 0.6 is 11.6 Å². The predicted octanol–water partition coefficient (Wildman–Crippen LogP) is 4.40. The van der Waals surface area contributed by atoms with E-state index in [1.807, 2.05) is 25.1 Å². The Bertz CT molecular complexity index is 908.